The Morgan fingerprint density at radius 1 is 0.741 bits per heavy atom. The summed E-state index contributed by atoms with van der Waals surface area (Å²) in [5, 5.41) is 0. The van der Waals surface area contributed by atoms with Crippen molar-refractivity contribution in [1.82, 2.24) is 0 Å². The number of hydrogen-bond acceptors (Lipinski definition) is 3. The fourth-order valence-electron chi connectivity index (χ4n) is 4.25. The summed E-state index contributed by atoms with van der Waals surface area (Å²) in [6.45, 7) is 6.92. The number of halogens is 1. The van der Waals surface area contributed by atoms with Crippen LogP contribution in [0.3, 0.4) is 0 Å². The fourth-order valence-corrected chi connectivity index (χ4v) is 7.61. The highest BCUT2D eigenvalue weighted by Crippen LogP contribution is 2.46. The molecule has 1 atom stereocenters. The zero-order valence-electron chi connectivity index (χ0n) is 19.1. The van der Waals surface area contributed by atoms with E-state index in [1.165, 1.54) is 70.6 Å². The third-order valence-corrected chi connectivity index (χ3v) is 9.90. The first kappa shape index (κ1) is 27.4. The predicted molar refractivity (Wildman–Crippen MR) is 121 cm³/mol. The van der Waals surface area contributed by atoms with Crippen molar-refractivity contribution < 1.29 is 13.3 Å². The first-order chi connectivity index (χ1) is 12.9. The molecular weight excluding hydrogens is 376 g/mol. The van der Waals surface area contributed by atoms with Crippen LogP contribution >= 0.6 is 11.6 Å². The van der Waals surface area contributed by atoms with Crippen molar-refractivity contribution in [2.24, 2.45) is 5.41 Å². The van der Waals surface area contributed by atoms with E-state index in [-0.39, 0.29) is 11.0 Å². The maximum Gasteiger partial charge on any atom is 0.504 e. The normalized spacial score (nSPS) is 13.9. The second-order valence-electron chi connectivity index (χ2n) is 8.52. The Hall–Kier alpha value is 0.387. The summed E-state index contributed by atoms with van der Waals surface area (Å²) < 4.78 is 17.3. The molecule has 164 valence electrons. The molecule has 0 N–H and O–H groups in total. The summed E-state index contributed by atoms with van der Waals surface area (Å²) in [5.74, 6) is 0.608. The van der Waals surface area contributed by atoms with Crippen LogP contribution in [-0.4, -0.2) is 36.0 Å². The molecule has 0 aromatic carbocycles. The van der Waals surface area contributed by atoms with Gasteiger partial charge in [-0.1, -0.05) is 91.4 Å². The zero-order valence-corrected chi connectivity index (χ0v) is 20.8. The molecule has 0 fully saturated rings. The maximum atomic E-state index is 6.11. The van der Waals surface area contributed by atoms with E-state index in [9.17, 15) is 0 Å². The minimum atomic E-state index is -2.69. The SMILES string of the molecule is CCCCCCCCCCCCCC(C)(C)C(CCCl)[Si](OC)(OC)OC. The number of alkyl halides is 1. The molecule has 0 aromatic heterocycles. The van der Waals surface area contributed by atoms with Crippen LogP contribution in [0.4, 0.5) is 0 Å². The molecule has 0 amide bonds. The smallest absolute Gasteiger partial charge is 0.377 e. The van der Waals surface area contributed by atoms with Gasteiger partial charge in [-0.3, -0.25) is 0 Å². The number of unbranched alkanes of at least 4 members (excludes halogenated alkanes) is 10. The van der Waals surface area contributed by atoms with E-state index in [1.807, 2.05) is 0 Å². The first-order valence-electron chi connectivity index (χ1n) is 11.2. The highest BCUT2D eigenvalue weighted by molar-refractivity contribution is 6.62. The monoisotopic (exact) mass is 422 g/mol. The fraction of sp³-hybridized carbons (Fsp3) is 1.00. The van der Waals surface area contributed by atoms with E-state index in [0.717, 1.165) is 12.8 Å². The summed E-state index contributed by atoms with van der Waals surface area (Å²) in [6.07, 6.45) is 17.2. The molecule has 0 aliphatic heterocycles. The lowest BCUT2D eigenvalue weighted by molar-refractivity contribution is 0.0835. The minimum Gasteiger partial charge on any atom is -0.377 e. The van der Waals surface area contributed by atoms with Crippen molar-refractivity contribution in [2.75, 3.05) is 27.2 Å². The van der Waals surface area contributed by atoms with Gasteiger partial charge >= 0.3 is 8.80 Å². The Morgan fingerprint density at radius 2 is 1.15 bits per heavy atom. The van der Waals surface area contributed by atoms with Gasteiger partial charge in [0.25, 0.3) is 0 Å². The lowest BCUT2D eigenvalue weighted by Crippen LogP contribution is -2.52. The van der Waals surface area contributed by atoms with Gasteiger partial charge in [-0.05, 0) is 18.3 Å². The van der Waals surface area contributed by atoms with E-state index < -0.39 is 8.80 Å². The van der Waals surface area contributed by atoms with Crippen LogP contribution < -0.4 is 0 Å². The average Bonchev–Trinajstić information content (AvgIpc) is 2.67. The lowest BCUT2D eigenvalue weighted by Gasteiger charge is -2.42. The van der Waals surface area contributed by atoms with Crippen molar-refractivity contribution in [3.63, 3.8) is 0 Å². The second kappa shape index (κ2) is 16.2. The van der Waals surface area contributed by atoms with Gasteiger partial charge in [0, 0.05) is 32.8 Å². The van der Waals surface area contributed by atoms with Crippen LogP contribution in [0.5, 0.6) is 0 Å². The molecule has 0 rings (SSSR count). The van der Waals surface area contributed by atoms with Crippen molar-refractivity contribution in [3.8, 4) is 0 Å². The van der Waals surface area contributed by atoms with Crippen LogP contribution in [0.1, 0.15) is 104 Å². The molecular formula is C22H47ClO3Si. The van der Waals surface area contributed by atoms with Crippen LogP contribution in [-0.2, 0) is 13.3 Å². The van der Waals surface area contributed by atoms with Crippen molar-refractivity contribution in [2.45, 2.75) is 110 Å². The molecule has 0 heterocycles. The topological polar surface area (TPSA) is 27.7 Å². The molecule has 5 heteroatoms. The summed E-state index contributed by atoms with van der Waals surface area (Å²) in [4.78, 5) is 0. The Bertz CT molecular complexity index is 327. The van der Waals surface area contributed by atoms with Crippen molar-refractivity contribution in [3.05, 3.63) is 0 Å². The van der Waals surface area contributed by atoms with E-state index in [0.29, 0.717) is 5.88 Å². The van der Waals surface area contributed by atoms with E-state index in [1.54, 1.807) is 21.3 Å². The first-order valence-corrected chi connectivity index (χ1v) is 13.5. The molecule has 0 spiro atoms. The van der Waals surface area contributed by atoms with Crippen molar-refractivity contribution in [1.29, 1.82) is 0 Å². The third kappa shape index (κ3) is 10.6. The summed E-state index contributed by atoms with van der Waals surface area (Å²) in [7, 11) is 2.43. The predicted octanol–water partition coefficient (Wildman–Crippen LogP) is 7.59. The van der Waals surface area contributed by atoms with Crippen LogP contribution in [0.15, 0.2) is 0 Å². The van der Waals surface area contributed by atoms with Crippen LogP contribution in [0.25, 0.3) is 0 Å². The van der Waals surface area contributed by atoms with Gasteiger partial charge in [-0.25, -0.2) is 0 Å². The molecule has 0 saturated carbocycles. The van der Waals surface area contributed by atoms with Gasteiger partial charge in [0.2, 0.25) is 0 Å². The highest BCUT2D eigenvalue weighted by Gasteiger charge is 2.53. The molecule has 27 heavy (non-hydrogen) atoms. The summed E-state index contributed by atoms with van der Waals surface area (Å²) in [6, 6.07) is 0. The highest BCUT2D eigenvalue weighted by atomic mass is 35.5. The minimum absolute atomic E-state index is 0.0996. The van der Waals surface area contributed by atoms with Gasteiger partial charge < -0.3 is 13.3 Å². The Kier molecular flexibility index (Phi) is 16.4. The number of hydrogen-bond donors (Lipinski definition) is 0. The molecule has 0 aliphatic carbocycles. The maximum absolute atomic E-state index is 6.11. The molecule has 0 aliphatic rings. The second-order valence-corrected chi connectivity index (χ2v) is 12.0. The summed E-state index contributed by atoms with van der Waals surface area (Å²) in [5.41, 5.74) is 0.327. The van der Waals surface area contributed by atoms with Gasteiger partial charge in [-0.15, -0.1) is 11.6 Å². The lowest BCUT2D eigenvalue weighted by atomic mass is 9.82. The van der Waals surface area contributed by atoms with Crippen LogP contribution in [0.2, 0.25) is 5.54 Å². The standard InChI is InChI=1S/C22H47ClO3Si/c1-7-8-9-10-11-12-13-14-15-16-17-19-22(2,3)21(18-20-23)27(24-4,25-5)26-6/h21H,7-20H2,1-6H3. The Labute approximate surface area is 176 Å². The van der Waals surface area contributed by atoms with Gasteiger partial charge in [0.1, 0.15) is 0 Å². The van der Waals surface area contributed by atoms with Gasteiger partial charge in [0.15, 0.2) is 0 Å². The van der Waals surface area contributed by atoms with Crippen LogP contribution in [0, 0.1) is 5.41 Å². The van der Waals surface area contributed by atoms with Crippen molar-refractivity contribution >= 4 is 20.4 Å². The quantitative estimate of drug-likeness (QED) is 0.122. The van der Waals surface area contributed by atoms with E-state index >= 15 is 0 Å². The molecule has 0 bridgehead atoms. The molecule has 0 radical (unpaired) electrons. The zero-order chi connectivity index (χ0) is 20.6. The van der Waals surface area contributed by atoms with E-state index in [2.05, 4.69) is 20.8 Å². The molecule has 1 unspecified atom stereocenters. The Morgan fingerprint density at radius 3 is 1.52 bits per heavy atom. The summed E-state index contributed by atoms with van der Waals surface area (Å²) >= 11 is 6.11. The van der Waals surface area contributed by atoms with E-state index in [4.69, 9.17) is 24.9 Å². The number of rotatable bonds is 19. The van der Waals surface area contributed by atoms with Gasteiger partial charge in [-0.2, -0.15) is 0 Å². The third-order valence-electron chi connectivity index (χ3n) is 6.05. The molecule has 0 aromatic rings. The molecule has 0 saturated heterocycles. The average molecular weight is 423 g/mol. The van der Waals surface area contributed by atoms with Gasteiger partial charge in [0.05, 0.1) is 0 Å². The Balaban J connectivity index is 4.18. The molecule has 3 nitrogen and oxygen atoms in total. The largest absolute Gasteiger partial charge is 0.504 e.